The third kappa shape index (κ3) is 6.60. The van der Waals surface area contributed by atoms with E-state index < -0.39 is 47.7 Å². The molecule has 0 saturated heterocycles. The Bertz CT molecular complexity index is 1140. The number of nitrogens with one attached hydrogen (secondary N) is 1. The number of hydrogen-bond donors (Lipinski definition) is 1. The molecule has 0 fully saturated rings. The normalized spacial score (nSPS) is 11.7. The summed E-state index contributed by atoms with van der Waals surface area (Å²) < 4.78 is 82.7. The predicted octanol–water partition coefficient (Wildman–Crippen LogP) is 6.11. The van der Waals surface area contributed by atoms with E-state index in [1.54, 1.807) is 18.2 Å². The number of carbonyl (C=O) groups is 2. The Balaban J connectivity index is 1.70. The second-order valence-corrected chi connectivity index (χ2v) is 7.24. The Labute approximate surface area is 190 Å². The van der Waals surface area contributed by atoms with E-state index in [4.69, 9.17) is 4.74 Å². The van der Waals surface area contributed by atoms with Crippen LogP contribution >= 0.6 is 0 Å². The van der Waals surface area contributed by atoms with Crippen molar-refractivity contribution in [2.45, 2.75) is 18.8 Å². The molecule has 178 valence electrons. The summed E-state index contributed by atoms with van der Waals surface area (Å²) in [5.74, 6) is -1.96. The number of ether oxygens (including phenoxy) is 1. The molecule has 0 radical (unpaired) electrons. The SMILES string of the molecule is O=C(COC(=O)c1ccccc1Cc1ccccc1)Nc1cc(C(F)(F)F)cc(C(F)(F)F)c1. The fraction of sp³-hybridized carbons (Fsp3) is 0.167. The molecule has 3 rings (SSSR count). The molecular formula is C24H17F6NO3. The topological polar surface area (TPSA) is 55.4 Å². The lowest BCUT2D eigenvalue weighted by Crippen LogP contribution is -2.22. The van der Waals surface area contributed by atoms with Gasteiger partial charge in [-0.2, -0.15) is 26.3 Å². The molecule has 0 heterocycles. The molecule has 0 aliphatic carbocycles. The fourth-order valence-electron chi connectivity index (χ4n) is 3.12. The first-order chi connectivity index (χ1) is 15.9. The summed E-state index contributed by atoms with van der Waals surface area (Å²) in [6, 6.07) is 16.4. The zero-order valence-electron chi connectivity index (χ0n) is 17.3. The van der Waals surface area contributed by atoms with Crippen LogP contribution in [-0.2, 0) is 28.3 Å². The van der Waals surface area contributed by atoms with Crippen LogP contribution in [-0.4, -0.2) is 18.5 Å². The standard InChI is InChI=1S/C24H17F6NO3/c25-23(26,27)17-11-18(24(28,29)30)13-19(12-17)31-21(32)14-34-22(33)20-9-5-4-8-16(20)10-15-6-2-1-3-7-15/h1-9,11-13H,10,14H2,(H,31,32). The molecule has 0 aromatic heterocycles. The van der Waals surface area contributed by atoms with Crippen LogP contribution in [0.2, 0.25) is 0 Å². The molecule has 34 heavy (non-hydrogen) atoms. The van der Waals surface area contributed by atoms with Gasteiger partial charge in [0.25, 0.3) is 5.91 Å². The van der Waals surface area contributed by atoms with Crippen LogP contribution in [0.3, 0.4) is 0 Å². The summed E-state index contributed by atoms with van der Waals surface area (Å²) in [5.41, 5.74) is -2.17. The molecule has 1 amide bonds. The number of benzene rings is 3. The second kappa shape index (κ2) is 9.98. The molecule has 0 unspecified atom stereocenters. The molecule has 0 aliphatic rings. The van der Waals surface area contributed by atoms with Crippen molar-refractivity contribution < 1.29 is 40.7 Å². The molecule has 0 spiro atoms. The first kappa shape index (κ1) is 24.8. The number of alkyl halides is 6. The van der Waals surface area contributed by atoms with Crippen LogP contribution in [0, 0.1) is 0 Å². The zero-order chi connectivity index (χ0) is 24.9. The molecule has 3 aromatic rings. The van der Waals surface area contributed by atoms with Gasteiger partial charge in [0, 0.05) is 5.69 Å². The first-order valence-corrected chi connectivity index (χ1v) is 9.82. The van der Waals surface area contributed by atoms with E-state index >= 15 is 0 Å². The van der Waals surface area contributed by atoms with E-state index in [0.717, 1.165) is 5.56 Å². The van der Waals surface area contributed by atoms with Crippen LogP contribution < -0.4 is 5.32 Å². The Hall–Kier alpha value is -3.82. The Morgan fingerprint density at radius 1 is 0.765 bits per heavy atom. The lowest BCUT2D eigenvalue weighted by molar-refractivity contribution is -0.143. The number of rotatable bonds is 6. The van der Waals surface area contributed by atoms with Crippen molar-refractivity contribution in [1.29, 1.82) is 0 Å². The van der Waals surface area contributed by atoms with Crippen molar-refractivity contribution >= 4 is 17.6 Å². The number of anilines is 1. The monoisotopic (exact) mass is 481 g/mol. The van der Waals surface area contributed by atoms with Crippen molar-refractivity contribution in [3.8, 4) is 0 Å². The molecule has 0 atom stereocenters. The third-order valence-corrected chi connectivity index (χ3v) is 4.68. The predicted molar refractivity (Wildman–Crippen MR) is 111 cm³/mol. The summed E-state index contributed by atoms with van der Waals surface area (Å²) in [7, 11) is 0. The fourth-order valence-corrected chi connectivity index (χ4v) is 3.12. The molecule has 1 N–H and O–H groups in total. The van der Waals surface area contributed by atoms with Crippen LogP contribution in [0.25, 0.3) is 0 Å². The third-order valence-electron chi connectivity index (χ3n) is 4.68. The number of hydrogen-bond acceptors (Lipinski definition) is 3. The van der Waals surface area contributed by atoms with Crippen LogP contribution in [0.5, 0.6) is 0 Å². The Morgan fingerprint density at radius 3 is 1.91 bits per heavy atom. The van der Waals surface area contributed by atoms with Gasteiger partial charge in [-0.25, -0.2) is 4.79 Å². The number of carbonyl (C=O) groups excluding carboxylic acids is 2. The smallest absolute Gasteiger partial charge is 0.416 e. The summed E-state index contributed by atoms with van der Waals surface area (Å²) in [5, 5.41) is 1.91. The summed E-state index contributed by atoms with van der Waals surface area (Å²) in [4.78, 5) is 24.6. The van der Waals surface area contributed by atoms with Gasteiger partial charge in [0.1, 0.15) is 0 Å². The summed E-state index contributed by atoms with van der Waals surface area (Å²) in [6.45, 7) is -0.907. The van der Waals surface area contributed by atoms with E-state index in [2.05, 4.69) is 0 Å². The van der Waals surface area contributed by atoms with Crippen molar-refractivity contribution in [3.05, 3.63) is 101 Å². The average molecular weight is 481 g/mol. The van der Waals surface area contributed by atoms with E-state index in [1.807, 2.05) is 35.6 Å². The van der Waals surface area contributed by atoms with Gasteiger partial charge in [0.05, 0.1) is 16.7 Å². The highest BCUT2D eigenvalue weighted by Gasteiger charge is 2.37. The van der Waals surface area contributed by atoms with Gasteiger partial charge in [0.2, 0.25) is 0 Å². The Morgan fingerprint density at radius 2 is 1.32 bits per heavy atom. The molecule has 0 aliphatic heterocycles. The Kier molecular flexibility index (Phi) is 7.29. The van der Waals surface area contributed by atoms with Crippen molar-refractivity contribution in [2.24, 2.45) is 0 Å². The largest absolute Gasteiger partial charge is 0.452 e. The van der Waals surface area contributed by atoms with Crippen LogP contribution in [0.1, 0.15) is 32.6 Å². The highest BCUT2D eigenvalue weighted by Crippen LogP contribution is 2.37. The van der Waals surface area contributed by atoms with Gasteiger partial charge in [-0.1, -0.05) is 48.5 Å². The van der Waals surface area contributed by atoms with Gasteiger partial charge >= 0.3 is 18.3 Å². The lowest BCUT2D eigenvalue weighted by Gasteiger charge is -2.15. The highest BCUT2D eigenvalue weighted by atomic mass is 19.4. The highest BCUT2D eigenvalue weighted by molar-refractivity contribution is 5.96. The molecule has 0 saturated carbocycles. The lowest BCUT2D eigenvalue weighted by atomic mass is 10.00. The van der Waals surface area contributed by atoms with Gasteiger partial charge < -0.3 is 10.1 Å². The molecule has 4 nitrogen and oxygen atoms in total. The number of amides is 1. The zero-order valence-corrected chi connectivity index (χ0v) is 17.3. The minimum Gasteiger partial charge on any atom is -0.452 e. The van der Waals surface area contributed by atoms with Crippen molar-refractivity contribution in [3.63, 3.8) is 0 Å². The van der Waals surface area contributed by atoms with E-state index in [-0.39, 0.29) is 11.6 Å². The van der Waals surface area contributed by atoms with Crippen molar-refractivity contribution in [2.75, 3.05) is 11.9 Å². The maximum absolute atomic E-state index is 13.0. The first-order valence-electron chi connectivity index (χ1n) is 9.82. The average Bonchev–Trinajstić information content (AvgIpc) is 2.77. The molecule has 3 aromatic carbocycles. The minimum absolute atomic E-state index is 0.0562. The minimum atomic E-state index is -5.06. The van der Waals surface area contributed by atoms with Crippen LogP contribution in [0.15, 0.2) is 72.8 Å². The molecule has 0 bridgehead atoms. The quantitative estimate of drug-likeness (QED) is 0.342. The van der Waals surface area contributed by atoms with Gasteiger partial charge in [-0.15, -0.1) is 0 Å². The van der Waals surface area contributed by atoms with Gasteiger partial charge in [-0.3, -0.25) is 4.79 Å². The second-order valence-electron chi connectivity index (χ2n) is 7.24. The van der Waals surface area contributed by atoms with Gasteiger partial charge in [0.15, 0.2) is 6.61 Å². The maximum Gasteiger partial charge on any atom is 0.416 e. The summed E-state index contributed by atoms with van der Waals surface area (Å²) in [6.07, 6.45) is -9.71. The van der Waals surface area contributed by atoms with E-state index in [1.165, 1.54) is 6.07 Å². The van der Waals surface area contributed by atoms with E-state index in [9.17, 15) is 35.9 Å². The van der Waals surface area contributed by atoms with E-state index in [0.29, 0.717) is 24.1 Å². The maximum atomic E-state index is 13.0. The molecule has 10 heteroatoms. The van der Waals surface area contributed by atoms with Crippen molar-refractivity contribution in [1.82, 2.24) is 0 Å². The number of halogens is 6. The van der Waals surface area contributed by atoms with Crippen LogP contribution in [0.4, 0.5) is 32.0 Å². The van der Waals surface area contributed by atoms with Gasteiger partial charge in [-0.05, 0) is 41.8 Å². The molecular weight excluding hydrogens is 464 g/mol. The summed E-state index contributed by atoms with van der Waals surface area (Å²) >= 11 is 0. The number of esters is 1.